The van der Waals surface area contributed by atoms with Crippen molar-refractivity contribution in [3.63, 3.8) is 0 Å². The maximum atomic E-state index is 13.4. The van der Waals surface area contributed by atoms with E-state index >= 15 is 0 Å². The van der Waals surface area contributed by atoms with Gasteiger partial charge in [-0.3, -0.25) is 0 Å². The van der Waals surface area contributed by atoms with Gasteiger partial charge in [-0.15, -0.1) is 0 Å². The summed E-state index contributed by atoms with van der Waals surface area (Å²) in [5.41, 5.74) is 1.24. The van der Waals surface area contributed by atoms with Crippen molar-refractivity contribution in [3.8, 4) is 0 Å². The van der Waals surface area contributed by atoms with Crippen LogP contribution in [0.5, 0.6) is 0 Å². The van der Waals surface area contributed by atoms with E-state index in [0.717, 1.165) is 17.9 Å². The predicted molar refractivity (Wildman–Crippen MR) is 77.2 cm³/mol. The molecule has 1 nitrogen and oxygen atoms in total. The zero-order chi connectivity index (χ0) is 12.5. The van der Waals surface area contributed by atoms with E-state index in [0.29, 0.717) is 15.9 Å². The minimum Gasteiger partial charge on any atom is -0.381 e. The Bertz CT molecular complexity index is 408. The smallest absolute Gasteiger partial charge is 0.139 e. The van der Waals surface area contributed by atoms with E-state index in [1.807, 2.05) is 17.8 Å². The lowest BCUT2D eigenvalue weighted by molar-refractivity contribution is 0.358. The van der Waals surface area contributed by atoms with Crippen LogP contribution in [-0.4, -0.2) is 17.5 Å². The molecule has 1 aliphatic rings. The second-order valence-corrected chi connectivity index (χ2v) is 7.24. The fraction of sp³-hybridized carbons (Fsp3) is 0.538. The van der Waals surface area contributed by atoms with Gasteiger partial charge < -0.3 is 5.32 Å². The summed E-state index contributed by atoms with van der Waals surface area (Å²) in [4.78, 5) is 0. The van der Waals surface area contributed by atoms with Gasteiger partial charge in [-0.05, 0) is 51.7 Å². The summed E-state index contributed by atoms with van der Waals surface area (Å²) >= 11 is 5.14. The van der Waals surface area contributed by atoms with Crippen LogP contribution < -0.4 is 5.32 Å². The Balaban J connectivity index is 2.03. The summed E-state index contributed by atoms with van der Waals surface area (Å²) in [5, 5.41) is 3.42. The minimum atomic E-state index is -0.210. The fourth-order valence-electron chi connectivity index (χ4n) is 2.18. The summed E-state index contributed by atoms with van der Waals surface area (Å²) in [5.74, 6) is 2.10. The second kappa shape index (κ2) is 5.19. The zero-order valence-corrected chi connectivity index (χ0v) is 12.5. The van der Waals surface area contributed by atoms with Crippen molar-refractivity contribution >= 4 is 33.4 Å². The van der Waals surface area contributed by atoms with Crippen LogP contribution in [0.2, 0.25) is 0 Å². The molecule has 1 aliphatic heterocycles. The lowest BCUT2D eigenvalue weighted by atomic mass is 9.88. The summed E-state index contributed by atoms with van der Waals surface area (Å²) in [6.45, 7) is 4.58. The first kappa shape index (κ1) is 13.2. The number of benzene rings is 1. The largest absolute Gasteiger partial charge is 0.381 e. The average molecular weight is 318 g/mol. The lowest BCUT2D eigenvalue weighted by Gasteiger charge is -2.35. The predicted octanol–water partition coefficient (Wildman–Crippen LogP) is 4.53. The first-order chi connectivity index (χ1) is 7.96. The van der Waals surface area contributed by atoms with Crippen LogP contribution in [-0.2, 0) is 0 Å². The molecular formula is C13H17BrFNS. The molecule has 0 bridgehead atoms. The molecule has 1 aromatic carbocycles. The van der Waals surface area contributed by atoms with Gasteiger partial charge in [0.2, 0.25) is 0 Å². The maximum Gasteiger partial charge on any atom is 0.139 e. The van der Waals surface area contributed by atoms with Crippen molar-refractivity contribution in [1.82, 2.24) is 0 Å². The van der Waals surface area contributed by atoms with Gasteiger partial charge in [-0.2, -0.15) is 11.8 Å². The molecule has 17 heavy (non-hydrogen) atoms. The molecule has 1 saturated heterocycles. The van der Waals surface area contributed by atoms with E-state index in [9.17, 15) is 4.39 Å². The number of anilines is 1. The highest BCUT2D eigenvalue weighted by molar-refractivity contribution is 9.10. The zero-order valence-electron chi connectivity index (χ0n) is 10.1. The maximum absolute atomic E-state index is 13.4. The van der Waals surface area contributed by atoms with Crippen molar-refractivity contribution in [3.05, 3.63) is 28.5 Å². The highest BCUT2D eigenvalue weighted by Crippen LogP contribution is 2.34. The SMILES string of the molecule is CC1(C)CSCC(Nc2ccc(Br)c(F)c2)C1. The highest BCUT2D eigenvalue weighted by Gasteiger charge is 2.28. The number of rotatable bonds is 2. The van der Waals surface area contributed by atoms with E-state index < -0.39 is 0 Å². The van der Waals surface area contributed by atoms with Gasteiger partial charge >= 0.3 is 0 Å². The Hall–Kier alpha value is -0.220. The molecule has 1 fully saturated rings. The molecule has 1 aromatic rings. The Morgan fingerprint density at radius 3 is 2.88 bits per heavy atom. The van der Waals surface area contributed by atoms with E-state index in [1.165, 1.54) is 5.75 Å². The summed E-state index contributed by atoms with van der Waals surface area (Å²) in [6.07, 6.45) is 1.14. The quantitative estimate of drug-likeness (QED) is 0.860. The molecule has 1 N–H and O–H groups in total. The lowest BCUT2D eigenvalue weighted by Crippen LogP contribution is -2.35. The molecular weight excluding hydrogens is 301 g/mol. The van der Waals surface area contributed by atoms with Crippen molar-refractivity contribution in [2.75, 3.05) is 16.8 Å². The molecule has 0 aromatic heterocycles. The molecule has 2 rings (SSSR count). The Morgan fingerprint density at radius 2 is 2.24 bits per heavy atom. The molecule has 94 valence electrons. The molecule has 0 aliphatic carbocycles. The Labute approximate surface area is 115 Å². The van der Waals surface area contributed by atoms with Gasteiger partial charge in [0.25, 0.3) is 0 Å². The molecule has 1 unspecified atom stereocenters. The Kier molecular flexibility index (Phi) is 4.03. The average Bonchev–Trinajstić information content (AvgIpc) is 2.22. The van der Waals surface area contributed by atoms with Crippen molar-refractivity contribution < 1.29 is 4.39 Å². The number of nitrogens with one attached hydrogen (secondary N) is 1. The number of hydrogen-bond acceptors (Lipinski definition) is 2. The molecule has 1 heterocycles. The van der Waals surface area contributed by atoms with E-state index in [-0.39, 0.29) is 5.82 Å². The third-order valence-electron chi connectivity index (χ3n) is 2.90. The topological polar surface area (TPSA) is 12.0 Å². The second-order valence-electron chi connectivity index (χ2n) is 5.35. The molecule has 0 saturated carbocycles. The summed E-state index contributed by atoms with van der Waals surface area (Å²) in [6, 6.07) is 5.65. The minimum absolute atomic E-state index is 0.210. The van der Waals surface area contributed by atoms with Crippen molar-refractivity contribution in [1.29, 1.82) is 0 Å². The van der Waals surface area contributed by atoms with E-state index in [4.69, 9.17) is 0 Å². The number of hydrogen-bond donors (Lipinski definition) is 1. The molecule has 0 amide bonds. The monoisotopic (exact) mass is 317 g/mol. The number of thioether (sulfide) groups is 1. The first-order valence-corrected chi connectivity index (χ1v) is 7.70. The van der Waals surface area contributed by atoms with E-state index in [1.54, 1.807) is 12.1 Å². The van der Waals surface area contributed by atoms with Crippen LogP contribution in [0.3, 0.4) is 0 Å². The van der Waals surface area contributed by atoms with Crippen molar-refractivity contribution in [2.24, 2.45) is 5.41 Å². The first-order valence-electron chi connectivity index (χ1n) is 5.76. The molecule has 0 radical (unpaired) electrons. The van der Waals surface area contributed by atoms with Crippen LogP contribution >= 0.6 is 27.7 Å². The van der Waals surface area contributed by atoms with E-state index in [2.05, 4.69) is 35.1 Å². The van der Waals surface area contributed by atoms with Crippen LogP contribution in [0.4, 0.5) is 10.1 Å². The number of halogens is 2. The standard InChI is InChI=1S/C13H17BrFNS/c1-13(2)6-10(7-17-8-13)16-9-3-4-11(14)12(15)5-9/h3-5,10,16H,6-8H2,1-2H3. The van der Waals surface area contributed by atoms with Gasteiger partial charge in [-0.25, -0.2) is 4.39 Å². The van der Waals surface area contributed by atoms with Crippen LogP contribution in [0, 0.1) is 11.2 Å². The van der Waals surface area contributed by atoms with Gasteiger partial charge in [0.1, 0.15) is 5.82 Å². The van der Waals surface area contributed by atoms with Gasteiger partial charge in [-0.1, -0.05) is 13.8 Å². The molecule has 4 heteroatoms. The third-order valence-corrected chi connectivity index (χ3v) is 5.17. The normalized spacial score (nSPS) is 23.4. The summed E-state index contributed by atoms with van der Waals surface area (Å²) < 4.78 is 13.9. The molecule has 1 atom stereocenters. The molecule has 0 spiro atoms. The van der Waals surface area contributed by atoms with Crippen LogP contribution in [0.1, 0.15) is 20.3 Å². The third kappa shape index (κ3) is 3.62. The van der Waals surface area contributed by atoms with Gasteiger partial charge in [0.15, 0.2) is 0 Å². The highest BCUT2D eigenvalue weighted by atomic mass is 79.9. The fourth-order valence-corrected chi connectivity index (χ4v) is 3.70. The summed E-state index contributed by atoms with van der Waals surface area (Å²) in [7, 11) is 0. The van der Waals surface area contributed by atoms with Crippen molar-refractivity contribution in [2.45, 2.75) is 26.3 Å². The van der Waals surface area contributed by atoms with Gasteiger partial charge in [0.05, 0.1) is 4.47 Å². The van der Waals surface area contributed by atoms with Crippen LogP contribution in [0.25, 0.3) is 0 Å². The Morgan fingerprint density at radius 1 is 1.47 bits per heavy atom. The van der Waals surface area contributed by atoms with Crippen LogP contribution in [0.15, 0.2) is 22.7 Å². The van der Waals surface area contributed by atoms with Gasteiger partial charge in [0, 0.05) is 17.5 Å².